The Morgan fingerprint density at radius 2 is 1.87 bits per heavy atom. The minimum Gasteiger partial charge on any atom is -0.477 e. The first-order valence-electron chi connectivity index (χ1n) is 11.8. The van der Waals surface area contributed by atoms with Crippen LogP contribution in [0.2, 0.25) is 0 Å². The van der Waals surface area contributed by atoms with Crippen LogP contribution in [0.3, 0.4) is 0 Å². The quantitative estimate of drug-likeness (QED) is 0.341. The number of benzene rings is 1. The summed E-state index contributed by atoms with van der Waals surface area (Å²) < 4.78 is 11.2. The molecule has 0 spiro atoms. The van der Waals surface area contributed by atoms with Crippen molar-refractivity contribution in [2.45, 2.75) is 45.1 Å². The van der Waals surface area contributed by atoms with Crippen molar-refractivity contribution < 1.29 is 29.0 Å². The highest BCUT2D eigenvalue weighted by Crippen LogP contribution is 2.26. The minimum atomic E-state index is -1.30. The average molecular weight is 526 g/mol. The molecule has 1 aromatic carbocycles. The molecule has 12 heteroatoms. The van der Waals surface area contributed by atoms with E-state index in [1.807, 2.05) is 0 Å². The van der Waals surface area contributed by atoms with Gasteiger partial charge in [0.2, 0.25) is 11.8 Å². The van der Waals surface area contributed by atoms with Crippen molar-refractivity contribution in [2.24, 2.45) is 0 Å². The first-order valence-corrected chi connectivity index (χ1v) is 11.8. The van der Waals surface area contributed by atoms with Crippen molar-refractivity contribution in [3.05, 3.63) is 71.0 Å². The van der Waals surface area contributed by atoms with Crippen LogP contribution in [0.15, 0.2) is 59.9 Å². The predicted octanol–water partition coefficient (Wildman–Crippen LogP) is 2.48. The van der Waals surface area contributed by atoms with Crippen LogP contribution in [0.5, 0.6) is 0 Å². The van der Waals surface area contributed by atoms with Crippen LogP contribution in [0.1, 0.15) is 37.6 Å². The fourth-order valence-corrected chi connectivity index (χ4v) is 3.91. The monoisotopic (exact) mass is 525 g/mol. The number of nitrogens with one attached hydrogen (secondary N) is 3. The Labute approximate surface area is 219 Å². The number of hydrogen-bond acceptors (Lipinski definition) is 7. The van der Waals surface area contributed by atoms with Crippen LogP contribution < -0.4 is 10.9 Å². The lowest BCUT2D eigenvalue weighted by Gasteiger charge is -2.27. The smallest absolute Gasteiger partial charge is 0.341 e. The Morgan fingerprint density at radius 1 is 1.16 bits per heavy atom. The van der Waals surface area contributed by atoms with Crippen molar-refractivity contribution in [3.63, 3.8) is 0 Å². The molecule has 4 rings (SSSR count). The van der Waals surface area contributed by atoms with E-state index in [1.54, 1.807) is 56.8 Å². The van der Waals surface area contributed by atoms with Crippen molar-refractivity contribution in [2.75, 3.05) is 19.0 Å². The molecule has 3 aromatic rings. The van der Waals surface area contributed by atoms with E-state index in [0.717, 1.165) is 0 Å². The summed E-state index contributed by atoms with van der Waals surface area (Å²) in [6.07, 6.45) is 5.08. The Hall–Kier alpha value is -4.29. The van der Waals surface area contributed by atoms with Gasteiger partial charge in [-0.15, -0.1) is 0 Å². The SMILES string of the molecule is COC(C)(C)OC1C[C@@H](C(=O)Nc2ccc(-c3ccc(C(=O)O)c(=O)[nH]3)cc2)N(C(C)=O)C1.c1c[nH]cn1. The van der Waals surface area contributed by atoms with Crippen molar-refractivity contribution in [3.8, 4) is 11.3 Å². The third-order valence-corrected chi connectivity index (χ3v) is 5.92. The van der Waals surface area contributed by atoms with E-state index < -0.39 is 23.4 Å². The molecule has 1 saturated heterocycles. The van der Waals surface area contributed by atoms with Crippen LogP contribution >= 0.6 is 0 Å². The highest BCUT2D eigenvalue weighted by molar-refractivity contribution is 5.97. The predicted molar refractivity (Wildman–Crippen MR) is 138 cm³/mol. The summed E-state index contributed by atoms with van der Waals surface area (Å²) in [6.45, 7) is 5.24. The Bertz CT molecular complexity index is 1290. The summed E-state index contributed by atoms with van der Waals surface area (Å²) in [5.41, 5.74) is 0.561. The van der Waals surface area contributed by atoms with Gasteiger partial charge in [0.05, 0.1) is 12.4 Å². The molecular weight excluding hydrogens is 494 g/mol. The largest absolute Gasteiger partial charge is 0.477 e. The van der Waals surface area contributed by atoms with Crippen LogP contribution in [-0.4, -0.2) is 74.3 Å². The minimum absolute atomic E-state index is 0.222. The molecule has 2 aromatic heterocycles. The van der Waals surface area contributed by atoms with Gasteiger partial charge in [0.1, 0.15) is 11.6 Å². The molecule has 2 atom stereocenters. The van der Waals surface area contributed by atoms with E-state index in [-0.39, 0.29) is 23.5 Å². The Kier molecular flexibility index (Phi) is 9.16. The number of anilines is 1. The molecule has 2 amide bonds. The second-order valence-electron chi connectivity index (χ2n) is 9.01. The molecule has 38 heavy (non-hydrogen) atoms. The number of aromatic amines is 2. The zero-order valence-electron chi connectivity index (χ0n) is 21.6. The second kappa shape index (κ2) is 12.3. The molecule has 1 aliphatic rings. The number of nitrogens with zero attached hydrogens (tertiary/aromatic N) is 2. The topological polar surface area (TPSA) is 167 Å². The number of hydrogen-bond donors (Lipinski definition) is 4. The number of carboxylic acids is 1. The van der Waals surface area contributed by atoms with Gasteiger partial charge in [-0.2, -0.15) is 0 Å². The van der Waals surface area contributed by atoms with Gasteiger partial charge in [0.15, 0.2) is 5.79 Å². The van der Waals surface area contributed by atoms with E-state index in [0.29, 0.717) is 29.9 Å². The van der Waals surface area contributed by atoms with E-state index in [1.165, 1.54) is 31.1 Å². The maximum atomic E-state index is 12.9. The fraction of sp³-hybridized carbons (Fsp3) is 0.346. The number of likely N-dealkylation sites (tertiary alicyclic amines) is 1. The first kappa shape index (κ1) is 28.3. The highest BCUT2D eigenvalue weighted by Gasteiger charge is 2.41. The van der Waals surface area contributed by atoms with Crippen LogP contribution in [0.4, 0.5) is 5.69 Å². The van der Waals surface area contributed by atoms with Gasteiger partial charge in [-0.3, -0.25) is 14.4 Å². The van der Waals surface area contributed by atoms with Crippen LogP contribution in [0, 0.1) is 0 Å². The molecule has 3 heterocycles. The molecule has 1 aliphatic heterocycles. The maximum absolute atomic E-state index is 12.9. The first-order chi connectivity index (χ1) is 18.0. The average Bonchev–Trinajstić information content (AvgIpc) is 3.58. The number of H-pyrrole nitrogens is 2. The van der Waals surface area contributed by atoms with Gasteiger partial charge < -0.3 is 34.8 Å². The molecule has 202 valence electrons. The molecule has 0 bridgehead atoms. The summed E-state index contributed by atoms with van der Waals surface area (Å²) in [6, 6.07) is 8.75. The molecule has 0 saturated carbocycles. The third-order valence-electron chi connectivity index (χ3n) is 5.92. The summed E-state index contributed by atoms with van der Waals surface area (Å²) in [5.74, 6) is -2.69. The highest BCUT2D eigenvalue weighted by atomic mass is 16.7. The lowest BCUT2D eigenvalue weighted by molar-refractivity contribution is -0.220. The number of carboxylic acid groups (broad SMARTS) is 1. The van der Waals surface area contributed by atoms with Crippen molar-refractivity contribution >= 4 is 23.5 Å². The summed E-state index contributed by atoms with van der Waals surface area (Å²) in [7, 11) is 1.53. The van der Waals surface area contributed by atoms with Crippen LogP contribution in [0.25, 0.3) is 11.3 Å². The number of aromatic nitrogens is 3. The lowest BCUT2D eigenvalue weighted by Crippen LogP contribution is -2.42. The van der Waals surface area contributed by atoms with E-state index in [9.17, 15) is 19.2 Å². The van der Waals surface area contributed by atoms with Gasteiger partial charge in [-0.05, 0) is 43.7 Å². The zero-order chi connectivity index (χ0) is 27.9. The fourth-order valence-electron chi connectivity index (χ4n) is 3.91. The molecule has 12 nitrogen and oxygen atoms in total. The summed E-state index contributed by atoms with van der Waals surface area (Å²) in [5, 5.41) is 11.8. The molecular formula is C26H31N5O7. The number of imidazole rings is 1. The molecule has 0 radical (unpaired) electrons. The third kappa shape index (κ3) is 7.37. The van der Waals surface area contributed by atoms with Crippen molar-refractivity contribution in [1.29, 1.82) is 0 Å². The molecule has 0 aliphatic carbocycles. The Morgan fingerprint density at radius 3 is 2.37 bits per heavy atom. The van der Waals surface area contributed by atoms with Gasteiger partial charge in [0.25, 0.3) is 5.56 Å². The number of carbonyl (C=O) groups excluding carboxylic acids is 2. The molecule has 1 fully saturated rings. The van der Waals surface area contributed by atoms with E-state index >= 15 is 0 Å². The van der Waals surface area contributed by atoms with Crippen molar-refractivity contribution in [1.82, 2.24) is 19.9 Å². The number of ether oxygens (including phenoxy) is 2. The van der Waals surface area contributed by atoms with Gasteiger partial charge in [0, 0.05) is 50.8 Å². The second-order valence-corrected chi connectivity index (χ2v) is 9.01. The standard InChI is InChI=1S/C23H27N3O7.C3H4N2/c1-13(27)26-12-16(33-23(2,3)32-4)11-19(26)21(29)24-15-7-5-14(6-8-15)18-10-9-17(22(30)31)20(28)25-18;1-2-5-3-4-1/h5-10,16,19H,11-12H2,1-4H3,(H,24,29)(H,25,28)(H,30,31);1-3H,(H,4,5)/t16?,19-;/m0./s1. The number of aromatic carboxylic acids is 1. The molecule has 1 unspecified atom stereocenters. The number of carbonyl (C=O) groups is 3. The van der Waals surface area contributed by atoms with Gasteiger partial charge >= 0.3 is 5.97 Å². The van der Waals surface area contributed by atoms with Gasteiger partial charge in [-0.1, -0.05) is 12.1 Å². The van der Waals surface area contributed by atoms with Gasteiger partial charge in [-0.25, -0.2) is 9.78 Å². The normalized spacial score (nSPS) is 16.9. The molecule has 4 N–H and O–H groups in total. The van der Waals surface area contributed by atoms with E-state index in [4.69, 9.17) is 14.6 Å². The number of rotatable bonds is 7. The summed E-state index contributed by atoms with van der Waals surface area (Å²) >= 11 is 0. The van der Waals surface area contributed by atoms with Crippen LogP contribution in [-0.2, 0) is 19.1 Å². The number of amides is 2. The lowest BCUT2D eigenvalue weighted by atomic mass is 10.1. The Balaban J connectivity index is 0.000000715. The number of methoxy groups -OCH3 is 1. The maximum Gasteiger partial charge on any atom is 0.341 e. The van der Waals surface area contributed by atoms with E-state index in [2.05, 4.69) is 20.3 Å². The number of pyridine rings is 1. The summed E-state index contributed by atoms with van der Waals surface area (Å²) in [4.78, 5) is 58.3. The zero-order valence-corrected chi connectivity index (χ0v) is 21.6.